The molecule has 0 saturated heterocycles. The second kappa shape index (κ2) is 7.46. The number of hydrogen-bond donors (Lipinski definition) is 1. The number of Topliss-reactive ketones (excluding diaryl/α,β-unsaturated/α-hetero) is 1. The topological polar surface area (TPSA) is 75.4 Å². The van der Waals surface area contributed by atoms with Crippen LogP contribution in [0.25, 0.3) is 10.9 Å². The van der Waals surface area contributed by atoms with Crippen molar-refractivity contribution in [1.29, 1.82) is 0 Å². The molecule has 3 heterocycles. The summed E-state index contributed by atoms with van der Waals surface area (Å²) in [5, 5.41) is 12.7. The summed E-state index contributed by atoms with van der Waals surface area (Å²) in [6.07, 6.45) is 1.93. The monoisotopic (exact) mass is 443 g/mol. The maximum absolute atomic E-state index is 13.7. The highest BCUT2D eigenvalue weighted by atomic mass is 32.1. The first-order valence-corrected chi connectivity index (χ1v) is 11.0. The Morgan fingerprint density at radius 3 is 2.44 bits per heavy atom. The van der Waals surface area contributed by atoms with E-state index >= 15 is 0 Å². The Hall–Kier alpha value is -3.71. The number of nitrogens with zero attached hydrogens (tertiary/aromatic N) is 3. The van der Waals surface area contributed by atoms with Crippen molar-refractivity contribution in [2.45, 2.75) is 19.9 Å². The number of rotatable bonds is 4. The Labute approximate surface area is 189 Å². The van der Waals surface area contributed by atoms with Crippen LogP contribution in [0.1, 0.15) is 32.0 Å². The van der Waals surface area contributed by atoms with E-state index in [-0.39, 0.29) is 11.4 Å². The molecule has 1 unspecified atom stereocenters. The quantitative estimate of drug-likeness (QED) is 0.449. The highest BCUT2D eigenvalue weighted by molar-refractivity contribution is 7.14. The smallest absolute Gasteiger partial charge is 0.294 e. The third-order valence-electron chi connectivity index (χ3n) is 5.82. The van der Waals surface area contributed by atoms with E-state index < -0.39 is 17.7 Å². The minimum atomic E-state index is -0.759. The SMILES string of the molecule is Cc1nc(C)c(C(=O)C2=C(O)C(=O)N(c3ccccc3)C2c2cn(C)c3ccccc23)s1. The number of benzene rings is 2. The molecule has 160 valence electrons. The van der Waals surface area contributed by atoms with E-state index in [4.69, 9.17) is 0 Å². The van der Waals surface area contributed by atoms with Gasteiger partial charge in [0.05, 0.1) is 27.2 Å². The Kier molecular flexibility index (Phi) is 4.71. The third kappa shape index (κ3) is 2.97. The van der Waals surface area contributed by atoms with E-state index in [1.807, 2.05) is 67.2 Å². The highest BCUT2D eigenvalue weighted by Crippen LogP contribution is 2.44. The highest BCUT2D eigenvalue weighted by Gasteiger charge is 2.46. The van der Waals surface area contributed by atoms with Gasteiger partial charge >= 0.3 is 0 Å². The van der Waals surface area contributed by atoms with Crippen molar-refractivity contribution in [1.82, 2.24) is 9.55 Å². The average Bonchev–Trinajstić information content (AvgIpc) is 3.40. The maximum Gasteiger partial charge on any atom is 0.294 e. The fourth-order valence-corrected chi connectivity index (χ4v) is 5.32. The van der Waals surface area contributed by atoms with Gasteiger partial charge < -0.3 is 9.67 Å². The Morgan fingerprint density at radius 1 is 1.06 bits per heavy atom. The van der Waals surface area contributed by atoms with Crippen molar-refractivity contribution >= 4 is 39.6 Å². The molecule has 0 bridgehead atoms. The number of amides is 1. The lowest BCUT2D eigenvalue weighted by molar-refractivity contribution is -0.117. The molecule has 2 aromatic carbocycles. The van der Waals surface area contributed by atoms with Gasteiger partial charge in [-0.25, -0.2) is 4.98 Å². The molecule has 32 heavy (non-hydrogen) atoms. The van der Waals surface area contributed by atoms with Crippen molar-refractivity contribution in [3.05, 3.63) is 93.3 Å². The Balaban J connectivity index is 1.76. The van der Waals surface area contributed by atoms with Crippen LogP contribution in [0.2, 0.25) is 0 Å². The number of aliphatic hydroxyl groups is 1. The van der Waals surface area contributed by atoms with Crippen molar-refractivity contribution in [3.8, 4) is 0 Å². The summed E-state index contributed by atoms with van der Waals surface area (Å²) >= 11 is 1.27. The van der Waals surface area contributed by atoms with Crippen molar-refractivity contribution in [3.63, 3.8) is 0 Å². The van der Waals surface area contributed by atoms with Crippen LogP contribution in [0.5, 0.6) is 0 Å². The van der Waals surface area contributed by atoms with Gasteiger partial charge in [-0.05, 0) is 32.0 Å². The zero-order valence-corrected chi connectivity index (χ0v) is 18.7. The number of carbonyl (C=O) groups excluding carboxylic acids is 2. The first-order chi connectivity index (χ1) is 15.4. The molecule has 5 rings (SSSR count). The Morgan fingerprint density at radius 2 is 1.75 bits per heavy atom. The molecule has 6 nitrogen and oxygen atoms in total. The number of carbonyl (C=O) groups is 2. The second-order valence-electron chi connectivity index (χ2n) is 7.86. The van der Waals surface area contributed by atoms with Gasteiger partial charge in [-0.2, -0.15) is 0 Å². The van der Waals surface area contributed by atoms with Crippen LogP contribution in [0.4, 0.5) is 5.69 Å². The summed E-state index contributed by atoms with van der Waals surface area (Å²) in [4.78, 5) is 33.3. The van der Waals surface area contributed by atoms with E-state index in [1.165, 1.54) is 16.2 Å². The molecule has 0 fully saturated rings. The summed E-state index contributed by atoms with van der Waals surface area (Å²) < 4.78 is 1.97. The molecule has 0 radical (unpaired) electrons. The molecule has 2 aromatic heterocycles. The van der Waals surface area contributed by atoms with Crippen LogP contribution in [-0.4, -0.2) is 26.3 Å². The predicted molar refractivity (Wildman–Crippen MR) is 125 cm³/mol. The summed E-state index contributed by atoms with van der Waals surface area (Å²) in [5.41, 5.74) is 3.06. The fraction of sp³-hybridized carbons (Fsp3) is 0.160. The van der Waals surface area contributed by atoms with Gasteiger partial charge in [0.1, 0.15) is 0 Å². The molecule has 0 spiro atoms. The lowest BCUT2D eigenvalue weighted by atomic mass is 9.94. The number of thiazole rings is 1. The molecular weight excluding hydrogens is 422 g/mol. The van der Waals surface area contributed by atoms with E-state index in [0.717, 1.165) is 21.5 Å². The van der Waals surface area contributed by atoms with E-state index in [2.05, 4.69) is 4.98 Å². The molecule has 1 N–H and O–H groups in total. The molecule has 0 saturated carbocycles. The van der Waals surface area contributed by atoms with Crippen LogP contribution >= 0.6 is 11.3 Å². The molecule has 1 atom stereocenters. The average molecular weight is 444 g/mol. The lowest BCUT2D eigenvalue weighted by Crippen LogP contribution is -2.30. The van der Waals surface area contributed by atoms with Gasteiger partial charge in [-0.1, -0.05) is 36.4 Å². The first-order valence-electron chi connectivity index (χ1n) is 10.2. The van der Waals surface area contributed by atoms with Crippen LogP contribution in [0.3, 0.4) is 0 Å². The van der Waals surface area contributed by atoms with Gasteiger partial charge in [-0.3, -0.25) is 14.5 Å². The zero-order chi connectivity index (χ0) is 22.6. The lowest BCUT2D eigenvalue weighted by Gasteiger charge is -2.26. The number of hydrogen-bond acceptors (Lipinski definition) is 5. The minimum absolute atomic E-state index is 0.0851. The molecule has 0 aliphatic carbocycles. The summed E-state index contributed by atoms with van der Waals surface area (Å²) in [7, 11) is 1.93. The molecule has 7 heteroatoms. The van der Waals surface area contributed by atoms with E-state index in [0.29, 0.717) is 16.3 Å². The first kappa shape index (κ1) is 20.2. The summed E-state index contributed by atoms with van der Waals surface area (Å²) in [6, 6.07) is 16.2. The normalized spacial score (nSPS) is 16.4. The number of ketones is 1. The summed E-state index contributed by atoms with van der Waals surface area (Å²) in [6.45, 7) is 3.61. The fourth-order valence-electron chi connectivity index (χ4n) is 4.44. The minimum Gasteiger partial charge on any atom is -0.503 e. The van der Waals surface area contributed by atoms with Crippen LogP contribution in [0, 0.1) is 13.8 Å². The van der Waals surface area contributed by atoms with Crippen LogP contribution < -0.4 is 4.90 Å². The molecule has 1 aliphatic heterocycles. The predicted octanol–water partition coefficient (Wildman–Crippen LogP) is 5.03. The molecular formula is C25H21N3O3S. The standard InChI is InChI=1S/C25H21N3O3S/c1-14-24(32-15(2)26-14)22(29)20-21(18-13-27(3)19-12-8-7-11-17(18)19)28(25(31)23(20)30)16-9-5-4-6-10-16/h4-13,21,30H,1-3H3. The number of aryl methyl sites for hydroxylation is 3. The number of aromatic nitrogens is 2. The molecule has 1 aliphatic rings. The second-order valence-corrected chi connectivity index (χ2v) is 9.07. The Bertz CT molecular complexity index is 1410. The van der Waals surface area contributed by atoms with Gasteiger partial charge in [0.25, 0.3) is 5.91 Å². The third-order valence-corrected chi connectivity index (χ3v) is 6.89. The van der Waals surface area contributed by atoms with Crippen LogP contribution in [0.15, 0.2) is 72.1 Å². The van der Waals surface area contributed by atoms with Gasteiger partial charge in [0.2, 0.25) is 5.78 Å². The van der Waals surface area contributed by atoms with Crippen molar-refractivity contribution in [2.75, 3.05) is 4.90 Å². The van der Waals surface area contributed by atoms with Gasteiger partial charge in [0.15, 0.2) is 5.76 Å². The van der Waals surface area contributed by atoms with Crippen LogP contribution in [-0.2, 0) is 11.8 Å². The van der Waals surface area contributed by atoms with E-state index in [1.54, 1.807) is 19.1 Å². The number of fused-ring (bicyclic) bond motifs is 1. The van der Waals surface area contributed by atoms with Gasteiger partial charge in [0, 0.05) is 35.4 Å². The number of aliphatic hydroxyl groups excluding tert-OH is 1. The maximum atomic E-state index is 13.7. The largest absolute Gasteiger partial charge is 0.503 e. The summed E-state index contributed by atoms with van der Waals surface area (Å²) in [5.74, 6) is -1.46. The van der Waals surface area contributed by atoms with Crippen molar-refractivity contribution in [2.24, 2.45) is 7.05 Å². The van der Waals surface area contributed by atoms with E-state index in [9.17, 15) is 14.7 Å². The number of anilines is 1. The molecule has 4 aromatic rings. The number of para-hydroxylation sites is 2. The van der Waals surface area contributed by atoms with Gasteiger partial charge in [-0.15, -0.1) is 11.3 Å². The zero-order valence-electron chi connectivity index (χ0n) is 17.9. The molecule has 1 amide bonds. The van der Waals surface area contributed by atoms with Crippen molar-refractivity contribution < 1.29 is 14.7 Å².